The van der Waals surface area contributed by atoms with Crippen LogP contribution in [0.3, 0.4) is 0 Å². The predicted molar refractivity (Wildman–Crippen MR) is 111 cm³/mol. The average molecular weight is 406 g/mol. The normalized spacial score (nSPS) is 11.4. The topological polar surface area (TPSA) is 107 Å². The van der Waals surface area contributed by atoms with Crippen molar-refractivity contribution in [1.82, 2.24) is 9.55 Å². The lowest BCUT2D eigenvalue weighted by Crippen LogP contribution is -2.13. The monoisotopic (exact) mass is 406 g/mol. The van der Waals surface area contributed by atoms with E-state index in [1.165, 1.54) is 18.3 Å². The fourth-order valence-electron chi connectivity index (χ4n) is 3.14. The molecule has 0 unspecified atom stereocenters. The third kappa shape index (κ3) is 3.83. The standard InChI is InChI=1S/C21H18N4O3S/c22-20(26)19-14-25(13-15-7-3-1-4-8-15)21-18(19)11-16(12-23-21)24-29(27,28)17-9-5-2-6-10-17/h1-12,14,24H,13H2,(H2,22,26). The van der Waals surface area contributed by atoms with Crippen molar-refractivity contribution in [3.05, 3.63) is 90.3 Å². The van der Waals surface area contributed by atoms with Gasteiger partial charge >= 0.3 is 0 Å². The van der Waals surface area contributed by atoms with Gasteiger partial charge < -0.3 is 10.3 Å². The third-order valence-corrected chi connectivity index (χ3v) is 5.88. The number of hydrogen-bond donors (Lipinski definition) is 2. The van der Waals surface area contributed by atoms with Crippen molar-refractivity contribution in [3.63, 3.8) is 0 Å². The van der Waals surface area contributed by atoms with Gasteiger partial charge in [-0.15, -0.1) is 0 Å². The first-order chi connectivity index (χ1) is 13.9. The largest absolute Gasteiger partial charge is 0.366 e. The van der Waals surface area contributed by atoms with E-state index in [1.807, 2.05) is 34.9 Å². The first-order valence-electron chi connectivity index (χ1n) is 8.84. The fourth-order valence-corrected chi connectivity index (χ4v) is 4.19. The Morgan fingerprint density at radius 1 is 1.03 bits per heavy atom. The molecule has 3 N–H and O–H groups in total. The van der Waals surface area contributed by atoms with Crippen LogP contribution in [0.4, 0.5) is 5.69 Å². The molecule has 0 aliphatic heterocycles. The number of carbonyl (C=O) groups excluding carboxylic acids is 1. The van der Waals surface area contributed by atoms with Crippen LogP contribution in [-0.4, -0.2) is 23.9 Å². The molecule has 4 aromatic rings. The SMILES string of the molecule is NC(=O)c1cn(Cc2ccccc2)c2ncc(NS(=O)(=O)c3ccccc3)cc12. The average Bonchev–Trinajstić information content (AvgIpc) is 3.07. The second-order valence-electron chi connectivity index (χ2n) is 6.53. The van der Waals surface area contributed by atoms with E-state index in [0.717, 1.165) is 5.56 Å². The minimum absolute atomic E-state index is 0.136. The number of aromatic nitrogens is 2. The zero-order valence-corrected chi connectivity index (χ0v) is 16.1. The third-order valence-electron chi connectivity index (χ3n) is 4.48. The summed E-state index contributed by atoms with van der Waals surface area (Å²) in [4.78, 5) is 16.5. The van der Waals surface area contributed by atoms with Gasteiger partial charge in [-0.05, 0) is 23.8 Å². The lowest BCUT2D eigenvalue weighted by molar-refractivity contribution is 0.100. The van der Waals surface area contributed by atoms with Crippen molar-refractivity contribution in [2.24, 2.45) is 5.73 Å². The van der Waals surface area contributed by atoms with Crippen molar-refractivity contribution in [3.8, 4) is 0 Å². The van der Waals surface area contributed by atoms with Crippen molar-refractivity contribution in [2.45, 2.75) is 11.4 Å². The van der Waals surface area contributed by atoms with Gasteiger partial charge in [0, 0.05) is 18.1 Å². The molecule has 0 saturated heterocycles. The minimum atomic E-state index is -3.77. The Morgan fingerprint density at radius 3 is 2.34 bits per heavy atom. The lowest BCUT2D eigenvalue weighted by Gasteiger charge is -2.09. The Morgan fingerprint density at radius 2 is 1.69 bits per heavy atom. The van der Waals surface area contributed by atoms with Crippen LogP contribution in [0.2, 0.25) is 0 Å². The maximum absolute atomic E-state index is 12.6. The zero-order chi connectivity index (χ0) is 20.4. The number of fused-ring (bicyclic) bond motifs is 1. The van der Waals surface area contributed by atoms with Gasteiger partial charge in [0.25, 0.3) is 15.9 Å². The Kier molecular flexibility index (Phi) is 4.77. The number of hydrogen-bond acceptors (Lipinski definition) is 4. The molecule has 1 amide bonds. The van der Waals surface area contributed by atoms with Gasteiger partial charge in [0.2, 0.25) is 0 Å². The highest BCUT2D eigenvalue weighted by Gasteiger charge is 2.18. The Bertz CT molecular complexity index is 1280. The van der Waals surface area contributed by atoms with E-state index in [4.69, 9.17) is 5.73 Å². The lowest BCUT2D eigenvalue weighted by atomic mass is 10.2. The van der Waals surface area contributed by atoms with E-state index in [1.54, 1.807) is 30.5 Å². The van der Waals surface area contributed by atoms with Gasteiger partial charge in [-0.25, -0.2) is 13.4 Å². The summed E-state index contributed by atoms with van der Waals surface area (Å²) in [7, 11) is -3.77. The number of amides is 1. The van der Waals surface area contributed by atoms with E-state index in [0.29, 0.717) is 17.6 Å². The van der Waals surface area contributed by atoms with Crippen LogP contribution in [0, 0.1) is 0 Å². The number of primary amides is 1. The highest BCUT2D eigenvalue weighted by molar-refractivity contribution is 7.92. The van der Waals surface area contributed by atoms with Gasteiger partial charge in [0.15, 0.2) is 0 Å². The summed E-state index contributed by atoms with van der Waals surface area (Å²) in [5, 5.41) is 0.488. The van der Waals surface area contributed by atoms with E-state index in [9.17, 15) is 13.2 Å². The number of nitrogens with one attached hydrogen (secondary N) is 1. The summed E-state index contributed by atoms with van der Waals surface area (Å²) in [6.07, 6.45) is 3.07. The summed E-state index contributed by atoms with van der Waals surface area (Å²) in [5.74, 6) is -0.605. The quantitative estimate of drug-likeness (QED) is 0.513. The fraction of sp³-hybridized carbons (Fsp3) is 0.0476. The van der Waals surface area contributed by atoms with Crippen molar-refractivity contribution in [1.29, 1.82) is 0 Å². The van der Waals surface area contributed by atoms with Gasteiger partial charge in [-0.2, -0.15) is 0 Å². The van der Waals surface area contributed by atoms with Crippen molar-refractivity contribution in [2.75, 3.05) is 4.72 Å². The maximum atomic E-state index is 12.6. The molecule has 0 bridgehead atoms. The van der Waals surface area contributed by atoms with Gasteiger partial charge in [-0.1, -0.05) is 48.5 Å². The summed E-state index contributed by atoms with van der Waals surface area (Å²) in [5.41, 5.74) is 7.65. The molecule has 8 heteroatoms. The summed E-state index contributed by atoms with van der Waals surface area (Å²) < 4.78 is 29.5. The number of nitrogens with two attached hydrogens (primary N) is 1. The Balaban J connectivity index is 1.74. The smallest absolute Gasteiger partial charge is 0.261 e. The van der Waals surface area contributed by atoms with Crippen LogP contribution < -0.4 is 10.5 Å². The van der Waals surface area contributed by atoms with Gasteiger partial charge in [-0.3, -0.25) is 9.52 Å². The second kappa shape index (κ2) is 7.40. The molecular weight excluding hydrogens is 388 g/mol. The number of benzene rings is 2. The molecule has 2 heterocycles. The van der Waals surface area contributed by atoms with E-state index in [2.05, 4.69) is 9.71 Å². The maximum Gasteiger partial charge on any atom is 0.261 e. The zero-order valence-electron chi connectivity index (χ0n) is 15.3. The van der Waals surface area contributed by atoms with E-state index in [-0.39, 0.29) is 16.1 Å². The van der Waals surface area contributed by atoms with Crippen LogP contribution in [0.25, 0.3) is 11.0 Å². The van der Waals surface area contributed by atoms with Crippen LogP contribution in [0.5, 0.6) is 0 Å². The highest BCUT2D eigenvalue weighted by atomic mass is 32.2. The predicted octanol–water partition coefficient (Wildman–Crippen LogP) is 2.98. The molecule has 0 saturated carbocycles. The number of carbonyl (C=O) groups is 1. The van der Waals surface area contributed by atoms with Gasteiger partial charge in [0.1, 0.15) is 5.65 Å². The molecular formula is C21H18N4O3S. The molecule has 0 atom stereocenters. The Labute approximate surface area is 167 Å². The number of pyridine rings is 1. The molecule has 4 rings (SSSR count). The van der Waals surface area contributed by atoms with Crippen LogP contribution in [0.1, 0.15) is 15.9 Å². The second-order valence-corrected chi connectivity index (χ2v) is 8.22. The first-order valence-corrected chi connectivity index (χ1v) is 10.3. The first kappa shape index (κ1) is 18.7. The van der Waals surface area contributed by atoms with Crippen molar-refractivity contribution < 1.29 is 13.2 Å². The number of sulfonamides is 1. The number of anilines is 1. The van der Waals surface area contributed by atoms with Crippen LogP contribution in [-0.2, 0) is 16.6 Å². The van der Waals surface area contributed by atoms with E-state index < -0.39 is 15.9 Å². The summed E-state index contributed by atoms with van der Waals surface area (Å²) in [6.45, 7) is 0.507. The molecule has 0 spiro atoms. The molecule has 146 valence electrons. The molecule has 2 aromatic heterocycles. The molecule has 0 aliphatic carbocycles. The molecule has 29 heavy (non-hydrogen) atoms. The van der Waals surface area contributed by atoms with Crippen LogP contribution >= 0.6 is 0 Å². The summed E-state index contributed by atoms with van der Waals surface area (Å²) >= 11 is 0. The van der Waals surface area contributed by atoms with Crippen molar-refractivity contribution >= 4 is 32.7 Å². The molecule has 0 radical (unpaired) electrons. The van der Waals surface area contributed by atoms with E-state index >= 15 is 0 Å². The minimum Gasteiger partial charge on any atom is -0.366 e. The molecule has 0 fully saturated rings. The van der Waals surface area contributed by atoms with Crippen LogP contribution in [0.15, 0.2) is 84.0 Å². The number of nitrogens with zero attached hydrogens (tertiary/aromatic N) is 2. The highest BCUT2D eigenvalue weighted by Crippen LogP contribution is 2.25. The summed E-state index contributed by atoms with van der Waals surface area (Å²) in [6, 6.07) is 19.3. The Hall–Kier alpha value is -3.65. The molecule has 2 aromatic carbocycles. The molecule has 0 aliphatic rings. The molecule has 7 nitrogen and oxygen atoms in total. The number of rotatable bonds is 6. The van der Waals surface area contributed by atoms with Gasteiger partial charge in [0.05, 0.1) is 22.3 Å².